The molecule has 4 heteroatoms. The maximum atomic E-state index is 4.32. The van der Waals surface area contributed by atoms with Crippen LogP contribution in [0.3, 0.4) is 0 Å². The minimum Gasteiger partial charge on any atom is -0.355 e. The van der Waals surface area contributed by atoms with E-state index >= 15 is 0 Å². The molecule has 1 N–H and O–H groups in total. The molecule has 0 radical (unpaired) electrons. The molecule has 21 heavy (non-hydrogen) atoms. The first-order valence-corrected chi connectivity index (χ1v) is 8.99. The van der Waals surface area contributed by atoms with E-state index in [2.05, 4.69) is 40.9 Å². The van der Waals surface area contributed by atoms with Crippen LogP contribution in [0.4, 0.5) is 5.95 Å². The SMILES string of the molecule is CCCCCCCCCCCc1nnc(NCC)n1CC. The van der Waals surface area contributed by atoms with Gasteiger partial charge in [0, 0.05) is 19.5 Å². The van der Waals surface area contributed by atoms with Crippen molar-refractivity contribution in [2.24, 2.45) is 0 Å². The predicted molar refractivity (Wildman–Crippen MR) is 90.8 cm³/mol. The summed E-state index contributed by atoms with van der Waals surface area (Å²) in [5.74, 6) is 2.06. The topological polar surface area (TPSA) is 42.7 Å². The zero-order chi connectivity index (χ0) is 15.3. The van der Waals surface area contributed by atoms with E-state index in [0.717, 1.165) is 31.3 Å². The number of hydrogen-bond acceptors (Lipinski definition) is 3. The smallest absolute Gasteiger partial charge is 0.224 e. The highest BCUT2D eigenvalue weighted by Gasteiger charge is 2.08. The Morgan fingerprint density at radius 1 is 0.810 bits per heavy atom. The van der Waals surface area contributed by atoms with Crippen molar-refractivity contribution in [3.63, 3.8) is 0 Å². The van der Waals surface area contributed by atoms with Gasteiger partial charge >= 0.3 is 0 Å². The summed E-state index contributed by atoms with van der Waals surface area (Å²) in [5, 5.41) is 11.8. The van der Waals surface area contributed by atoms with E-state index in [0.29, 0.717) is 0 Å². The Balaban J connectivity index is 2.12. The third kappa shape index (κ3) is 6.96. The molecule has 0 aliphatic rings. The molecule has 0 amide bonds. The van der Waals surface area contributed by atoms with Gasteiger partial charge in [0.2, 0.25) is 5.95 Å². The number of rotatable bonds is 13. The van der Waals surface area contributed by atoms with Gasteiger partial charge < -0.3 is 5.32 Å². The zero-order valence-corrected chi connectivity index (χ0v) is 14.3. The monoisotopic (exact) mass is 294 g/mol. The van der Waals surface area contributed by atoms with Crippen LogP contribution in [-0.4, -0.2) is 21.3 Å². The molecule has 122 valence electrons. The Morgan fingerprint density at radius 3 is 2.00 bits per heavy atom. The van der Waals surface area contributed by atoms with E-state index in [-0.39, 0.29) is 0 Å². The summed E-state index contributed by atoms with van der Waals surface area (Å²) in [4.78, 5) is 0. The van der Waals surface area contributed by atoms with Crippen LogP contribution in [0.15, 0.2) is 0 Å². The Hall–Kier alpha value is -1.06. The minimum atomic E-state index is 0.899. The molecule has 0 aliphatic carbocycles. The molecule has 0 unspecified atom stereocenters. The first kappa shape index (κ1) is 18.0. The van der Waals surface area contributed by atoms with Crippen LogP contribution in [0.5, 0.6) is 0 Å². The van der Waals surface area contributed by atoms with Crippen LogP contribution in [0, 0.1) is 0 Å². The van der Waals surface area contributed by atoms with Gasteiger partial charge in [0.15, 0.2) is 0 Å². The number of hydrogen-bond donors (Lipinski definition) is 1. The molecule has 0 spiro atoms. The number of aromatic nitrogens is 3. The van der Waals surface area contributed by atoms with Crippen molar-refractivity contribution in [1.82, 2.24) is 14.8 Å². The third-order valence-electron chi connectivity index (χ3n) is 3.98. The average Bonchev–Trinajstić information content (AvgIpc) is 2.88. The summed E-state index contributed by atoms with van der Waals surface area (Å²) >= 11 is 0. The molecule has 0 bridgehead atoms. The lowest BCUT2D eigenvalue weighted by atomic mass is 10.1. The standard InChI is InChI=1S/C17H34N4/c1-4-7-8-9-10-11-12-13-14-15-16-19-20-17(18-5-2)21(16)6-3/h4-15H2,1-3H3,(H,18,20). The van der Waals surface area contributed by atoms with Crippen molar-refractivity contribution < 1.29 is 0 Å². The maximum absolute atomic E-state index is 4.32. The number of aryl methyl sites for hydroxylation is 1. The van der Waals surface area contributed by atoms with Gasteiger partial charge in [0.25, 0.3) is 0 Å². The molecular formula is C17H34N4. The van der Waals surface area contributed by atoms with Gasteiger partial charge in [-0.2, -0.15) is 0 Å². The predicted octanol–water partition coefficient (Wildman–Crippen LogP) is 4.80. The molecule has 1 rings (SSSR count). The Bertz CT molecular complexity index is 360. The van der Waals surface area contributed by atoms with Gasteiger partial charge in [0.1, 0.15) is 5.82 Å². The zero-order valence-electron chi connectivity index (χ0n) is 14.3. The quantitative estimate of drug-likeness (QED) is 0.531. The summed E-state index contributed by atoms with van der Waals surface area (Å²) in [6.45, 7) is 8.37. The molecule has 0 aliphatic heterocycles. The molecular weight excluding hydrogens is 260 g/mol. The van der Waals surface area contributed by atoms with Crippen molar-refractivity contribution in [3.05, 3.63) is 5.82 Å². The fourth-order valence-electron chi connectivity index (χ4n) is 2.74. The molecule has 0 saturated heterocycles. The molecule has 4 nitrogen and oxygen atoms in total. The minimum absolute atomic E-state index is 0.899. The van der Waals surface area contributed by atoms with Gasteiger partial charge in [-0.3, -0.25) is 4.57 Å². The fourth-order valence-corrected chi connectivity index (χ4v) is 2.74. The molecule has 1 aromatic heterocycles. The second-order valence-corrected chi connectivity index (χ2v) is 5.79. The second kappa shape index (κ2) is 11.6. The van der Waals surface area contributed by atoms with Crippen molar-refractivity contribution in [3.8, 4) is 0 Å². The summed E-state index contributed by atoms with van der Waals surface area (Å²) in [6.07, 6.45) is 13.4. The summed E-state index contributed by atoms with van der Waals surface area (Å²) < 4.78 is 2.20. The Labute approximate surface area is 130 Å². The first-order valence-electron chi connectivity index (χ1n) is 8.99. The highest BCUT2D eigenvalue weighted by atomic mass is 15.3. The lowest BCUT2D eigenvalue weighted by Crippen LogP contribution is -2.08. The first-order chi connectivity index (χ1) is 10.3. The van der Waals surface area contributed by atoms with Crippen LogP contribution in [0.2, 0.25) is 0 Å². The van der Waals surface area contributed by atoms with E-state index in [1.807, 2.05) is 0 Å². The molecule has 0 fully saturated rings. The van der Waals surface area contributed by atoms with E-state index < -0.39 is 0 Å². The maximum Gasteiger partial charge on any atom is 0.224 e. The van der Waals surface area contributed by atoms with Crippen molar-refractivity contribution in [2.75, 3.05) is 11.9 Å². The Kier molecular flexibility index (Phi) is 9.92. The van der Waals surface area contributed by atoms with Gasteiger partial charge in [0.05, 0.1) is 0 Å². The van der Waals surface area contributed by atoms with Gasteiger partial charge in [-0.1, -0.05) is 58.3 Å². The lowest BCUT2D eigenvalue weighted by Gasteiger charge is -2.07. The third-order valence-corrected chi connectivity index (χ3v) is 3.98. The lowest BCUT2D eigenvalue weighted by molar-refractivity contribution is 0.557. The van der Waals surface area contributed by atoms with E-state index in [1.165, 1.54) is 57.8 Å². The van der Waals surface area contributed by atoms with Crippen molar-refractivity contribution in [2.45, 2.75) is 91.5 Å². The van der Waals surface area contributed by atoms with Gasteiger partial charge in [-0.25, -0.2) is 0 Å². The van der Waals surface area contributed by atoms with Crippen LogP contribution >= 0.6 is 0 Å². The summed E-state index contributed by atoms with van der Waals surface area (Å²) in [5.41, 5.74) is 0. The molecule has 1 aromatic rings. The van der Waals surface area contributed by atoms with Gasteiger partial charge in [-0.05, 0) is 20.3 Å². The Morgan fingerprint density at radius 2 is 1.43 bits per heavy atom. The number of unbranched alkanes of at least 4 members (excludes halogenated alkanes) is 8. The molecule has 0 saturated carbocycles. The van der Waals surface area contributed by atoms with Crippen LogP contribution in [-0.2, 0) is 13.0 Å². The normalized spacial score (nSPS) is 11.0. The number of nitrogens with one attached hydrogen (secondary N) is 1. The van der Waals surface area contributed by atoms with Gasteiger partial charge in [-0.15, -0.1) is 10.2 Å². The highest BCUT2D eigenvalue weighted by Crippen LogP contribution is 2.13. The van der Waals surface area contributed by atoms with Crippen molar-refractivity contribution in [1.29, 1.82) is 0 Å². The summed E-state index contributed by atoms with van der Waals surface area (Å²) in [7, 11) is 0. The van der Waals surface area contributed by atoms with E-state index in [9.17, 15) is 0 Å². The van der Waals surface area contributed by atoms with Crippen molar-refractivity contribution >= 4 is 5.95 Å². The molecule has 1 heterocycles. The number of nitrogens with zero attached hydrogens (tertiary/aromatic N) is 3. The van der Waals surface area contributed by atoms with Crippen LogP contribution in [0.25, 0.3) is 0 Å². The van der Waals surface area contributed by atoms with E-state index in [4.69, 9.17) is 0 Å². The molecule has 0 aromatic carbocycles. The summed E-state index contributed by atoms with van der Waals surface area (Å²) in [6, 6.07) is 0. The van der Waals surface area contributed by atoms with Crippen LogP contribution < -0.4 is 5.32 Å². The molecule has 0 atom stereocenters. The fraction of sp³-hybridized carbons (Fsp3) is 0.882. The van der Waals surface area contributed by atoms with Crippen LogP contribution in [0.1, 0.15) is 84.4 Å². The average molecular weight is 294 g/mol. The van der Waals surface area contributed by atoms with E-state index in [1.54, 1.807) is 0 Å². The second-order valence-electron chi connectivity index (χ2n) is 5.79. The number of anilines is 1. The largest absolute Gasteiger partial charge is 0.355 e. The highest BCUT2D eigenvalue weighted by molar-refractivity contribution is 5.25.